The van der Waals surface area contributed by atoms with Crippen LogP contribution in [-0.4, -0.2) is 27.6 Å². The molecule has 1 aromatic heterocycles. The Labute approximate surface area is 114 Å². The second-order valence-corrected chi connectivity index (χ2v) is 5.70. The number of amides is 1. The number of carbonyl (C=O) groups is 1. The Balaban J connectivity index is 1.79. The van der Waals surface area contributed by atoms with Crippen molar-refractivity contribution in [3.05, 3.63) is 11.6 Å². The molecule has 1 fully saturated rings. The maximum absolute atomic E-state index is 11.9. The highest BCUT2D eigenvalue weighted by molar-refractivity contribution is 5.90. The second kappa shape index (κ2) is 6.68. The van der Waals surface area contributed by atoms with Crippen molar-refractivity contribution < 1.29 is 4.79 Å². The van der Waals surface area contributed by atoms with E-state index < -0.39 is 0 Å². The molecule has 0 bridgehead atoms. The summed E-state index contributed by atoms with van der Waals surface area (Å²) in [5, 5.41) is 9.74. The van der Waals surface area contributed by atoms with Crippen molar-refractivity contribution in [1.82, 2.24) is 20.5 Å². The SMILES string of the molecule is CCCc1nc(C(=O)NCC2CCCC(C)C2)n[nH]1. The van der Waals surface area contributed by atoms with Crippen LogP contribution in [0.15, 0.2) is 0 Å². The Morgan fingerprint density at radius 2 is 2.32 bits per heavy atom. The van der Waals surface area contributed by atoms with E-state index in [9.17, 15) is 4.79 Å². The van der Waals surface area contributed by atoms with Gasteiger partial charge in [0.25, 0.3) is 5.91 Å². The maximum atomic E-state index is 11.9. The maximum Gasteiger partial charge on any atom is 0.290 e. The number of hydrogen-bond acceptors (Lipinski definition) is 3. The molecule has 1 saturated carbocycles. The van der Waals surface area contributed by atoms with E-state index in [-0.39, 0.29) is 11.7 Å². The lowest BCUT2D eigenvalue weighted by atomic mass is 9.82. The number of aromatic amines is 1. The third-order valence-electron chi connectivity index (χ3n) is 3.82. The molecule has 0 aromatic carbocycles. The number of rotatable bonds is 5. The van der Waals surface area contributed by atoms with Crippen LogP contribution in [0.2, 0.25) is 0 Å². The second-order valence-electron chi connectivity index (χ2n) is 5.70. The molecule has 5 heteroatoms. The molecule has 106 valence electrons. The normalized spacial score (nSPS) is 23.3. The van der Waals surface area contributed by atoms with Crippen LogP contribution >= 0.6 is 0 Å². The van der Waals surface area contributed by atoms with Crippen LogP contribution in [0.1, 0.15) is 62.4 Å². The third-order valence-corrected chi connectivity index (χ3v) is 3.82. The summed E-state index contributed by atoms with van der Waals surface area (Å²) in [7, 11) is 0. The molecule has 0 spiro atoms. The van der Waals surface area contributed by atoms with Crippen molar-refractivity contribution in [3.63, 3.8) is 0 Å². The molecule has 0 saturated heterocycles. The van der Waals surface area contributed by atoms with Crippen molar-refractivity contribution in [3.8, 4) is 0 Å². The van der Waals surface area contributed by atoms with Gasteiger partial charge >= 0.3 is 0 Å². The number of nitrogens with zero attached hydrogens (tertiary/aromatic N) is 2. The van der Waals surface area contributed by atoms with Crippen LogP contribution in [0, 0.1) is 11.8 Å². The molecular weight excluding hydrogens is 240 g/mol. The van der Waals surface area contributed by atoms with E-state index in [2.05, 4.69) is 34.3 Å². The first kappa shape index (κ1) is 14.0. The third kappa shape index (κ3) is 4.04. The lowest BCUT2D eigenvalue weighted by Crippen LogP contribution is -2.32. The molecule has 0 aliphatic heterocycles. The van der Waals surface area contributed by atoms with Gasteiger partial charge in [-0.3, -0.25) is 9.89 Å². The zero-order valence-electron chi connectivity index (χ0n) is 11.9. The van der Waals surface area contributed by atoms with Crippen LogP contribution in [0.3, 0.4) is 0 Å². The Morgan fingerprint density at radius 3 is 3.05 bits per heavy atom. The Kier molecular flexibility index (Phi) is 4.93. The monoisotopic (exact) mass is 264 g/mol. The summed E-state index contributed by atoms with van der Waals surface area (Å²) in [5.41, 5.74) is 0. The van der Waals surface area contributed by atoms with Crippen molar-refractivity contribution in [2.45, 2.75) is 52.4 Å². The molecular formula is C14H24N4O. The highest BCUT2D eigenvalue weighted by atomic mass is 16.2. The van der Waals surface area contributed by atoms with Crippen LogP contribution < -0.4 is 5.32 Å². The van der Waals surface area contributed by atoms with Crippen LogP contribution in [0.4, 0.5) is 0 Å². The Morgan fingerprint density at radius 1 is 1.47 bits per heavy atom. The van der Waals surface area contributed by atoms with Crippen molar-refractivity contribution in [1.29, 1.82) is 0 Å². The van der Waals surface area contributed by atoms with E-state index >= 15 is 0 Å². The first-order valence-electron chi connectivity index (χ1n) is 7.38. The fourth-order valence-corrected chi connectivity index (χ4v) is 2.81. The average molecular weight is 264 g/mol. The summed E-state index contributed by atoms with van der Waals surface area (Å²) >= 11 is 0. The van der Waals surface area contributed by atoms with Crippen LogP contribution in [-0.2, 0) is 6.42 Å². The molecule has 1 aliphatic carbocycles. The van der Waals surface area contributed by atoms with Crippen LogP contribution in [0.25, 0.3) is 0 Å². The highest BCUT2D eigenvalue weighted by Gasteiger charge is 2.20. The summed E-state index contributed by atoms with van der Waals surface area (Å²) in [6.07, 6.45) is 6.88. The smallest absolute Gasteiger partial charge is 0.290 e. The Hall–Kier alpha value is -1.39. The average Bonchev–Trinajstić information content (AvgIpc) is 2.85. The van der Waals surface area contributed by atoms with Gasteiger partial charge in [0.15, 0.2) is 0 Å². The van der Waals surface area contributed by atoms with Gasteiger partial charge in [-0.2, -0.15) is 0 Å². The predicted molar refractivity (Wildman–Crippen MR) is 73.8 cm³/mol. The highest BCUT2D eigenvalue weighted by Crippen LogP contribution is 2.27. The van der Waals surface area contributed by atoms with E-state index in [0.717, 1.165) is 31.1 Å². The molecule has 2 rings (SSSR count). The zero-order valence-corrected chi connectivity index (χ0v) is 11.9. The molecule has 5 nitrogen and oxygen atoms in total. The van der Waals surface area contributed by atoms with Gasteiger partial charge < -0.3 is 5.32 Å². The first-order valence-corrected chi connectivity index (χ1v) is 7.38. The zero-order chi connectivity index (χ0) is 13.7. The van der Waals surface area contributed by atoms with Crippen molar-refractivity contribution in [2.75, 3.05) is 6.54 Å². The van der Waals surface area contributed by atoms with Gasteiger partial charge in [0.1, 0.15) is 5.82 Å². The standard InChI is InChI=1S/C14H24N4O/c1-3-5-12-16-13(18-17-12)14(19)15-9-11-7-4-6-10(2)8-11/h10-11H,3-9H2,1-2H3,(H,15,19)(H,16,17,18). The molecule has 2 unspecified atom stereocenters. The number of hydrogen-bond donors (Lipinski definition) is 2. The van der Waals surface area contributed by atoms with Gasteiger partial charge in [0.2, 0.25) is 5.82 Å². The number of aryl methyl sites for hydroxylation is 1. The van der Waals surface area contributed by atoms with Crippen LogP contribution in [0.5, 0.6) is 0 Å². The van der Waals surface area contributed by atoms with E-state index in [4.69, 9.17) is 0 Å². The summed E-state index contributed by atoms with van der Waals surface area (Å²) in [5.74, 6) is 2.31. The number of carbonyl (C=O) groups excluding carboxylic acids is 1. The van der Waals surface area contributed by atoms with Crippen molar-refractivity contribution in [2.24, 2.45) is 11.8 Å². The van der Waals surface area contributed by atoms with E-state index in [1.165, 1.54) is 25.7 Å². The van der Waals surface area contributed by atoms with Gasteiger partial charge in [-0.05, 0) is 31.1 Å². The quantitative estimate of drug-likeness (QED) is 0.857. The predicted octanol–water partition coefficient (Wildman–Crippen LogP) is 2.31. The Bertz CT molecular complexity index is 415. The lowest BCUT2D eigenvalue weighted by molar-refractivity contribution is 0.0930. The van der Waals surface area contributed by atoms with E-state index in [0.29, 0.717) is 5.92 Å². The molecule has 1 amide bonds. The van der Waals surface area contributed by atoms with Gasteiger partial charge in [-0.15, -0.1) is 5.10 Å². The van der Waals surface area contributed by atoms with Gasteiger partial charge in [-0.25, -0.2) is 4.98 Å². The summed E-state index contributed by atoms with van der Waals surface area (Å²) in [6.45, 7) is 5.12. The minimum atomic E-state index is -0.156. The summed E-state index contributed by atoms with van der Waals surface area (Å²) < 4.78 is 0. The first-order chi connectivity index (χ1) is 9.19. The molecule has 1 heterocycles. The molecule has 0 radical (unpaired) electrons. The molecule has 2 atom stereocenters. The van der Waals surface area contributed by atoms with Gasteiger partial charge in [0.05, 0.1) is 0 Å². The fourth-order valence-electron chi connectivity index (χ4n) is 2.81. The fraction of sp³-hybridized carbons (Fsp3) is 0.786. The topological polar surface area (TPSA) is 70.7 Å². The van der Waals surface area contributed by atoms with E-state index in [1.54, 1.807) is 0 Å². The molecule has 1 aromatic rings. The molecule has 2 N–H and O–H groups in total. The number of nitrogens with one attached hydrogen (secondary N) is 2. The summed E-state index contributed by atoms with van der Waals surface area (Å²) in [6, 6.07) is 0. The largest absolute Gasteiger partial charge is 0.349 e. The van der Waals surface area contributed by atoms with Gasteiger partial charge in [-0.1, -0.05) is 26.7 Å². The van der Waals surface area contributed by atoms with E-state index in [1.807, 2.05) is 0 Å². The number of aromatic nitrogens is 3. The summed E-state index contributed by atoms with van der Waals surface area (Å²) in [4.78, 5) is 16.1. The van der Waals surface area contributed by atoms with Crippen molar-refractivity contribution >= 4 is 5.91 Å². The molecule has 19 heavy (non-hydrogen) atoms. The molecule has 1 aliphatic rings. The minimum absolute atomic E-state index is 0.156. The lowest BCUT2D eigenvalue weighted by Gasteiger charge is -2.26. The number of H-pyrrole nitrogens is 1. The minimum Gasteiger partial charge on any atom is -0.349 e. The van der Waals surface area contributed by atoms with Gasteiger partial charge in [0, 0.05) is 13.0 Å².